The Balaban J connectivity index is 1.63. The Hall–Kier alpha value is -4.09. The van der Waals surface area contributed by atoms with Crippen LogP contribution in [0.4, 0.5) is 0 Å². The van der Waals surface area contributed by atoms with Gasteiger partial charge >= 0.3 is 0 Å². The number of hydrogen-bond donors (Lipinski definition) is 0. The Kier molecular flexibility index (Phi) is 4.63. The molecule has 0 spiro atoms. The van der Waals surface area contributed by atoms with Crippen LogP contribution in [0.25, 0.3) is 33.3 Å². The lowest BCUT2D eigenvalue weighted by atomic mass is 10.0. The van der Waals surface area contributed by atoms with E-state index in [0.29, 0.717) is 5.57 Å². The first-order chi connectivity index (χ1) is 14.8. The zero-order chi connectivity index (χ0) is 20.3. The van der Waals surface area contributed by atoms with Gasteiger partial charge in [-0.2, -0.15) is 5.26 Å². The summed E-state index contributed by atoms with van der Waals surface area (Å²) >= 11 is 0. The zero-order valence-electron chi connectivity index (χ0n) is 16.5. The fourth-order valence-electron chi connectivity index (χ4n) is 4.09. The maximum Gasteiger partial charge on any atom is 0.0998 e. The van der Waals surface area contributed by atoms with Crippen molar-refractivity contribution in [1.29, 1.82) is 5.26 Å². The summed E-state index contributed by atoms with van der Waals surface area (Å²) in [6, 6.07) is 35.6. The zero-order valence-corrected chi connectivity index (χ0v) is 16.5. The van der Waals surface area contributed by atoms with Crippen LogP contribution >= 0.6 is 0 Å². The summed E-state index contributed by atoms with van der Waals surface area (Å²) in [4.78, 5) is 0. The number of para-hydroxylation sites is 1. The van der Waals surface area contributed by atoms with Gasteiger partial charge in [0.05, 0.1) is 11.6 Å². The molecule has 0 saturated carbocycles. The molecule has 5 rings (SSSR count). The lowest BCUT2D eigenvalue weighted by Gasteiger charge is -2.09. The van der Waals surface area contributed by atoms with E-state index in [1.54, 1.807) is 0 Å². The van der Waals surface area contributed by atoms with E-state index in [1.807, 2.05) is 36.4 Å². The molecule has 0 bridgehead atoms. The summed E-state index contributed by atoms with van der Waals surface area (Å²) in [5.41, 5.74) is 5.12. The molecular formula is C28H20N2. The summed E-state index contributed by atoms with van der Waals surface area (Å²) in [5.74, 6) is 0. The molecular weight excluding hydrogens is 364 g/mol. The molecule has 4 aromatic carbocycles. The number of rotatable bonds is 4. The molecule has 0 unspecified atom stereocenters. The van der Waals surface area contributed by atoms with Crippen molar-refractivity contribution in [2.24, 2.45) is 0 Å². The fraction of sp³-hybridized carbons (Fsp3) is 0.0357. The normalized spacial score (nSPS) is 11.6. The van der Waals surface area contributed by atoms with Crippen LogP contribution in [0.15, 0.2) is 103 Å². The van der Waals surface area contributed by atoms with Crippen LogP contribution in [0.5, 0.6) is 0 Å². The van der Waals surface area contributed by atoms with Crippen molar-refractivity contribution >= 4 is 33.3 Å². The van der Waals surface area contributed by atoms with Gasteiger partial charge in [-0.1, -0.05) is 91.0 Å². The molecule has 1 aromatic heterocycles. The largest absolute Gasteiger partial charge is 0.342 e. The van der Waals surface area contributed by atoms with Gasteiger partial charge in [-0.25, -0.2) is 0 Å². The van der Waals surface area contributed by atoms with E-state index in [9.17, 15) is 5.26 Å². The van der Waals surface area contributed by atoms with E-state index in [0.717, 1.165) is 23.1 Å². The third kappa shape index (κ3) is 3.27. The smallest absolute Gasteiger partial charge is 0.0998 e. The Morgan fingerprint density at radius 3 is 2.30 bits per heavy atom. The van der Waals surface area contributed by atoms with E-state index < -0.39 is 0 Å². The molecule has 0 N–H and O–H groups in total. The Morgan fingerprint density at radius 2 is 1.47 bits per heavy atom. The molecule has 0 atom stereocenters. The molecule has 0 aliphatic rings. The Morgan fingerprint density at radius 1 is 0.767 bits per heavy atom. The van der Waals surface area contributed by atoms with Crippen LogP contribution in [-0.2, 0) is 6.54 Å². The molecule has 0 amide bonds. The number of aromatic nitrogens is 1. The highest BCUT2D eigenvalue weighted by molar-refractivity contribution is 5.98. The Bertz CT molecular complexity index is 1410. The second kappa shape index (κ2) is 7.73. The predicted octanol–water partition coefficient (Wildman–Crippen LogP) is 6.91. The molecule has 2 heteroatoms. The molecule has 0 radical (unpaired) electrons. The number of nitriles is 1. The molecule has 2 nitrogen and oxygen atoms in total. The number of hydrogen-bond acceptors (Lipinski definition) is 1. The average Bonchev–Trinajstić information content (AvgIpc) is 3.15. The van der Waals surface area contributed by atoms with Gasteiger partial charge in [0.15, 0.2) is 0 Å². The van der Waals surface area contributed by atoms with Crippen molar-refractivity contribution in [3.8, 4) is 6.07 Å². The highest BCUT2D eigenvalue weighted by atomic mass is 15.0. The third-order valence-corrected chi connectivity index (χ3v) is 5.55. The van der Waals surface area contributed by atoms with Crippen LogP contribution < -0.4 is 0 Å². The van der Waals surface area contributed by atoms with Gasteiger partial charge in [-0.05, 0) is 34.0 Å². The molecule has 30 heavy (non-hydrogen) atoms. The standard InChI is InChI=1S/C28H20N2/c29-18-24(21-9-2-1-3-10-21)17-25-20-30(28-16-7-6-15-27(25)28)19-23-13-8-12-22-11-4-5-14-26(22)23/h1-17,20H,19H2/b24-17-. The van der Waals surface area contributed by atoms with Crippen LogP contribution in [0.1, 0.15) is 16.7 Å². The monoisotopic (exact) mass is 384 g/mol. The van der Waals surface area contributed by atoms with E-state index in [-0.39, 0.29) is 0 Å². The molecule has 0 aliphatic heterocycles. The number of benzene rings is 4. The molecule has 142 valence electrons. The lowest BCUT2D eigenvalue weighted by Crippen LogP contribution is -1.98. The fourth-order valence-corrected chi connectivity index (χ4v) is 4.09. The first kappa shape index (κ1) is 18.0. The minimum Gasteiger partial charge on any atom is -0.342 e. The van der Waals surface area contributed by atoms with Crippen LogP contribution in [0, 0.1) is 11.3 Å². The number of fused-ring (bicyclic) bond motifs is 2. The summed E-state index contributed by atoms with van der Waals surface area (Å²) in [5, 5.41) is 13.4. The first-order valence-corrected chi connectivity index (χ1v) is 10.1. The average molecular weight is 384 g/mol. The lowest BCUT2D eigenvalue weighted by molar-refractivity contribution is 0.842. The van der Waals surface area contributed by atoms with Crippen molar-refractivity contribution < 1.29 is 0 Å². The second-order valence-corrected chi connectivity index (χ2v) is 7.40. The van der Waals surface area contributed by atoms with Crippen LogP contribution in [-0.4, -0.2) is 4.57 Å². The summed E-state index contributed by atoms with van der Waals surface area (Å²) in [7, 11) is 0. The molecule has 0 saturated heterocycles. The van der Waals surface area contributed by atoms with E-state index in [2.05, 4.69) is 83.6 Å². The van der Waals surface area contributed by atoms with Crippen molar-refractivity contribution in [2.45, 2.75) is 6.54 Å². The molecule has 5 aromatic rings. The van der Waals surface area contributed by atoms with Gasteiger partial charge in [-0.15, -0.1) is 0 Å². The minimum atomic E-state index is 0.670. The van der Waals surface area contributed by atoms with E-state index in [1.165, 1.54) is 21.9 Å². The van der Waals surface area contributed by atoms with Gasteiger partial charge in [0.1, 0.15) is 0 Å². The predicted molar refractivity (Wildman–Crippen MR) is 125 cm³/mol. The number of nitrogens with zero attached hydrogens (tertiary/aromatic N) is 2. The third-order valence-electron chi connectivity index (χ3n) is 5.55. The highest BCUT2D eigenvalue weighted by Crippen LogP contribution is 2.28. The first-order valence-electron chi connectivity index (χ1n) is 10.1. The summed E-state index contributed by atoms with van der Waals surface area (Å²) < 4.78 is 2.28. The quantitative estimate of drug-likeness (QED) is 0.310. The molecule has 0 fully saturated rings. The van der Waals surface area contributed by atoms with Gasteiger partial charge < -0.3 is 4.57 Å². The summed E-state index contributed by atoms with van der Waals surface area (Å²) in [6.45, 7) is 0.781. The van der Waals surface area contributed by atoms with Crippen molar-refractivity contribution in [3.05, 3.63) is 120 Å². The minimum absolute atomic E-state index is 0.670. The van der Waals surface area contributed by atoms with Crippen LogP contribution in [0.3, 0.4) is 0 Å². The second-order valence-electron chi connectivity index (χ2n) is 7.40. The summed E-state index contributed by atoms with van der Waals surface area (Å²) in [6.07, 6.45) is 4.16. The van der Waals surface area contributed by atoms with Crippen molar-refractivity contribution in [1.82, 2.24) is 4.57 Å². The highest BCUT2D eigenvalue weighted by Gasteiger charge is 2.10. The van der Waals surface area contributed by atoms with Gasteiger partial charge in [0.25, 0.3) is 0 Å². The molecule has 0 aliphatic carbocycles. The van der Waals surface area contributed by atoms with E-state index >= 15 is 0 Å². The Labute approximate surface area is 175 Å². The SMILES string of the molecule is N#C/C(=C/c1cn(Cc2cccc3ccccc23)c2ccccc12)c1ccccc1. The van der Waals surface area contributed by atoms with Gasteiger partial charge in [0, 0.05) is 29.2 Å². The van der Waals surface area contributed by atoms with Crippen LogP contribution in [0.2, 0.25) is 0 Å². The number of allylic oxidation sites excluding steroid dienone is 1. The maximum absolute atomic E-state index is 9.75. The van der Waals surface area contributed by atoms with E-state index in [4.69, 9.17) is 0 Å². The van der Waals surface area contributed by atoms with Crippen molar-refractivity contribution in [2.75, 3.05) is 0 Å². The maximum atomic E-state index is 9.75. The van der Waals surface area contributed by atoms with Gasteiger partial charge in [-0.3, -0.25) is 0 Å². The van der Waals surface area contributed by atoms with Crippen molar-refractivity contribution in [3.63, 3.8) is 0 Å². The van der Waals surface area contributed by atoms with Gasteiger partial charge in [0.2, 0.25) is 0 Å². The molecule has 1 heterocycles. The topological polar surface area (TPSA) is 28.7 Å².